The third-order valence-corrected chi connectivity index (χ3v) is 5.91. The van der Waals surface area contributed by atoms with Crippen LogP contribution in [-0.2, 0) is 0 Å². The molecule has 0 bridgehead atoms. The molecule has 148 valence electrons. The van der Waals surface area contributed by atoms with Gasteiger partial charge in [0.25, 0.3) is 0 Å². The van der Waals surface area contributed by atoms with Crippen molar-refractivity contribution in [1.82, 2.24) is 9.97 Å². The van der Waals surface area contributed by atoms with Gasteiger partial charge in [0.1, 0.15) is 11.1 Å². The van der Waals surface area contributed by atoms with E-state index in [1.54, 1.807) is 18.6 Å². The van der Waals surface area contributed by atoms with Crippen LogP contribution in [-0.4, -0.2) is 15.0 Å². The molecule has 2 aromatic rings. The topological polar surface area (TPSA) is 75.6 Å². The minimum atomic E-state index is 0. The number of aromatic nitrogens is 2. The van der Waals surface area contributed by atoms with Gasteiger partial charge in [-0.15, -0.1) is 0 Å². The molecule has 0 amide bonds. The van der Waals surface area contributed by atoms with Crippen molar-refractivity contribution in [2.24, 2.45) is 5.73 Å². The molecule has 4 rings (SSSR count). The first kappa shape index (κ1) is 22.3. The molecule has 2 aromatic heterocycles. The highest BCUT2D eigenvalue weighted by atomic mass is 32.1. The maximum absolute atomic E-state index is 8.89. The number of thiocarbonyl (C=S) groups is 1. The second-order valence-corrected chi connectivity index (χ2v) is 7.80. The summed E-state index contributed by atoms with van der Waals surface area (Å²) in [5, 5.41) is 8.89. The van der Waals surface area contributed by atoms with Crippen LogP contribution in [0.4, 0.5) is 0 Å². The lowest BCUT2D eigenvalue weighted by molar-refractivity contribution is 0.719. The minimum Gasteiger partial charge on any atom is -0.389 e. The molecule has 0 aliphatic heterocycles. The highest BCUT2D eigenvalue weighted by molar-refractivity contribution is 7.80. The number of nitrogens with zero attached hydrogens (tertiary/aromatic N) is 3. The van der Waals surface area contributed by atoms with Gasteiger partial charge in [-0.1, -0.05) is 37.9 Å². The van der Waals surface area contributed by atoms with Crippen LogP contribution in [0.25, 0.3) is 0 Å². The first-order valence-corrected chi connectivity index (χ1v) is 10.2. The Labute approximate surface area is 180 Å². The smallest absolute Gasteiger partial charge is 0.105 e. The molecule has 0 saturated heterocycles. The summed E-state index contributed by atoms with van der Waals surface area (Å²) in [6, 6.07) is 6.26. The van der Waals surface area contributed by atoms with Gasteiger partial charge in [-0.25, -0.2) is 0 Å². The van der Waals surface area contributed by atoms with Crippen molar-refractivity contribution in [1.29, 1.82) is 5.26 Å². The molecule has 28 heavy (non-hydrogen) atoms. The van der Waals surface area contributed by atoms with E-state index in [0.717, 1.165) is 11.1 Å². The van der Waals surface area contributed by atoms with E-state index in [0.29, 0.717) is 16.8 Å². The number of nitrogens with two attached hydrogens (primary N) is 1. The Morgan fingerprint density at radius 1 is 0.929 bits per heavy atom. The molecule has 2 fully saturated rings. The summed E-state index contributed by atoms with van der Waals surface area (Å²) in [6.07, 6.45) is 17.3. The van der Waals surface area contributed by atoms with Gasteiger partial charge in [-0.3, -0.25) is 9.97 Å². The summed E-state index contributed by atoms with van der Waals surface area (Å²) in [5.74, 6) is 1.26. The van der Waals surface area contributed by atoms with Gasteiger partial charge in [0, 0.05) is 30.4 Å². The summed E-state index contributed by atoms with van der Waals surface area (Å²) in [4.78, 5) is 8.51. The van der Waals surface area contributed by atoms with E-state index in [9.17, 15) is 0 Å². The lowest BCUT2D eigenvalue weighted by atomic mass is 9.94. The first-order valence-electron chi connectivity index (χ1n) is 9.78. The van der Waals surface area contributed by atoms with E-state index < -0.39 is 0 Å². The molecule has 0 radical (unpaired) electrons. The van der Waals surface area contributed by atoms with Crippen molar-refractivity contribution >= 4 is 30.7 Å². The van der Waals surface area contributed by atoms with E-state index in [1.807, 2.05) is 12.3 Å². The van der Waals surface area contributed by atoms with Gasteiger partial charge in [0.15, 0.2) is 0 Å². The highest BCUT2D eigenvalue weighted by Gasteiger charge is 2.20. The fraction of sp³-hybridized carbons (Fsp3) is 0.455. The van der Waals surface area contributed by atoms with Crippen LogP contribution >= 0.6 is 25.7 Å². The standard InChI is InChI=1S/C11H14N2S.C11H12N2.H2S/c12-11(14)10-7-13-6-5-9(10)8-3-1-2-4-8;12-7-10-8-13-6-5-11(10)9-3-1-2-4-9;/h5-8H,1-4H2,(H2,12,14);5-6,8-9H,1-4H2;1H2. The third kappa shape index (κ3) is 5.52. The van der Waals surface area contributed by atoms with Crippen molar-refractivity contribution in [3.05, 3.63) is 59.2 Å². The molecule has 4 nitrogen and oxygen atoms in total. The van der Waals surface area contributed by atoms with Gasteiger partial charge in [-0.05, 0) is 60.8 Å². The third-order valence-electron chi connectivity index (χ3n) is 5.69. The molecule has 0 unspecified atom stereocenters. The number of nitriles is 1. The molecule has 2 saturated carbocycles. The van der Waals surface area contributed by atoms with Crippen LogP contribution in [0.3, 0.4) is 0 Å². The van der Waals surface area contributed by atoms with Crippen molar-refractivity contribution in [2.75, 3.05) is 0 Å². The Bertz CT molecular complexity index is 819. The fourth-order valence-corrected chi connectivity index (χ4v) is 4.47. The van der Waals surface area contributed by atoms with Crippen LogP contribution in [0.2, 0.25) is 0 Å². The Hall–Kier alpha value is -1.97. The molecular weight excluding hydrogens is 384 g/mol. The van der Waals surface area contributed by atoms with Crippen molar-refractivity contribution < 1.29 is 0 Å². The Kier molecular flexibility index (Phi) is 8.88. The van der Waals surface area contributed by atoms with Crippen LogP contribution in [0.1, 0.15) is 85.5 Å². The molecule has 2 heterocycles. The van der Waals surface area contributed by atoms with E-state index in [-0.39, 0.29) is 13.5 Å². The maximum Gasteiger partial charge on any atom is 0.105 e. The van der Waals surface area contributed by atoms with E-state index in [1.165, 1.54) is 62.5 Å². The monoisotopic (exact) mass is 412 g/mol. The van der Waals surface area contributed by atoms with Crippen LogP contribution < -0.4 is 5.73 Å². The lowest BCUT2D eigenvalue weighted by Gasteiger charge is -2.13. The normalized spacial score (nSPS) is 16.5. The first-order chi connectivity index (χ1) is 13.2. The number of hydrogen-bond acceptors (Lipinski definition) is 4. The summed E-state index contributed by atoms with van der Waals surface area (Å²) in [5.41, 5.74) is 9.90. The van der Waals surface area contributed by atoms with Gasteiger partial charge in [0.2, 0.25) is 0 Å². The molecule has 0 aromatic carbocycles. The lowest BCUT2D eigenvalue weighted by Crippen LogP contribution is -2.14. The number of rotatable bonds is 3. The van der Waals surface area contributed by atoms with Crippen LogP contribution in [0.15, 0.2) is 36.9 Å². The molecule has 0 spiro atoms. The van der Waals surface area contributed by atoms with Crippen LogP contribution in [0.5, 0.6) is 0 Å². The molecule has 2 N–H and O–H groups in total. The minimum absolute atomic E-state index is 0. The van der Waals surface area contributed by atoms with E-state index >= 15 is 0 Å². The van der Waals surface area contributed by atoms with Gasteiger partial charge in [0.05, 0.1) is 5.56 Å². The quantitative estimate of drug-likeness (QED) is 0.710. The van der Waals surface area contributed by atoms with Crippen molar-refractivity contribution in [3.63, 3.8) is 0 Å². The highest BCUT2D eigenvalue weighted by Crippen LogP contribution is 2.36. The predicted octanol–water partition coefficient (Wildman–Crippen LogP) is 5.10. The van der Waals surface area contributed by atoms with E-state index in [2.05, 4.69) is 22.1 Å². The summed E-state index contributed by atoms with van der Waals surface area (Å²) >= 11 is 5.02. The Balaban J connectivity index is 0.000000194. The Morgan fingerprint density at radius 3 is 1.96 bits per heavy atom. The molecule has 0 atom stereocenters. The Morgan fingerprint density at radius 2 is 1.43 bits per heavy atom. The number of hydrogen-bond donors (Lipinski definition) is 1. The second-order valence-electron chi connectivity index (χ2n) is 7.36. The zero-order valence-electron chi connectivity index (χ0n) is 16.1. The van der Waals surface area contributed by atoms with E-state index in [4.69, 9.17) is 23.2 Å². The zero-order chi connectivity index (χ0) is 19.1. The maximum atomic E-state index is 8.89. The zero-order valence-corrected chi connectivity index (χ0v) is 17.9. The average molecular weight is 413 g/mol. The SMILES string of the molecule is N#Cc1cnccc1C1CCCC1.NC(=S)c1cnccc1C1CCCC1.S. The molecule has 2 aliphatic rings. The van der Waals surface area contributed by atoms with Crippen LogP contribution in [0, 0.1) is 11.3 Å². The molecule has 2 aliphatic carbocycles. The predicted molar refractivity (Wildman–Crippen MR) is 122 cm³/mol. The molecular formula is C22H28N4S2. The largest absolute Gasteiger partial charge is 0.389 e. The van der Waals surface area contributed by atoms with Crippen molar-refractivity contribution in [3.8, 4) is 6.07 Å². The van der Waals surface area contributed by atoms with Gasteiger partial charge >= 0.3 is 0 Å². The average Bonchev–Trinajstić information content (AvgIpc) is 3.42. The number of pyridine rings is 2. The van der Waals surface area contributed by atoms with Crippen molar-refractivity contribution in [2.45, 2.75) is 63.2 Å². The summed E-state index contributed by atoms with van der Waals surface area (Å²) < 4.78 is 0. The summed E-state index contributed by atoms with van der Waals surface area (Å²) in [7, 11) is 0. The van der Waals surface area contributed by atoms with Gasteiger partial charge < -0.3 is 5.73 Å². The molecule has 6 heteroatoms. The fourth-order valence-electron chi connectivity index (χ4n) is 4.30. The summed E-state index contributed by atoms with van der Waals surface area (Å²) in [6.45, 7) is 0. The van der Waals surface area contributed by atoms with Gasteiger partial charge in [-0.2, -0.15) is 18.8 Å². The second kappa shape index (κ2) is 11.1.